The van der Waals surface area contributed by atoms with Gasteiger partial charge in [-0.2, -0.15) is 10.2 Å². The summed E-state index contributed by atoms with van der Waals surface area (Å²) in [5.74, 6) is 0.292. The Morgan fingerprint density at radius 1 is 1.32 bits per heavy atom. The number of hydrogen-bond donors (Lipinski definition) is 3. The van der Waals surface area contributed by atoms with Crippen LogP contribution >= 0.6 is 23.2 Å². The molecule has 0 spiro atoms. The number of benzene rings is 1. The van der Waals surface area contributed by atoms with Gasteiger partial charge in [0.1, 0.15) is 5.69 Å². The van der Waals surface area contributed by atoms with Crippen LogP contribution in [0.3, 0.4) is 0 Å². The summed E-state index contributed by atoms with van der Waals surface area (Å²) in [6.45, 7) is 4.50. The van der Waals surface area contributed by atoms with E-state index in [0.717, 1.165) is 0 Å². The SMILES string of the molecule is CC(C)COc1c(Cl)cc(/C=N/NC(=O)CCc2n[nH]c(=O)[nH]c2=O)cc1Cl. The lowest BCUT2D eigenvalue weighted by Gasteiger charge is -2.12. The van der Waals surface area contributed by atoms with Crippen molar-refractivity contribution in [3.63, 3.8) is 0 Å². The molecule has 0 aliphatic rings. The summed E-state index contributed by atoms with van der Waals surface area (Å²) in [5.41, 5.74) is 1.61. The maximum Gasteiger partial charge on any atom is 0.342 e. The molecule has 0 atom stereocenters. The highest BCUT2D eigenvalue weighted by Gasteiger charge is 2.10. The van der Waals surface area contributed by atoms with Gasteiger partial charge in [0.15, 0.2) is 5.75 Å². The van der Waals surface area contributed by atoms with Crippen molar-refractivity contribution in [2.45, 2.75) is 26.7 Å². The Bertz CT molecular complexity index is 961. The van der Waals surface area contributed by atoms with E-state index in [1.807, 2.05) is 18.8 Å². The molecule has 2 rings (SSSR count). The lowest BCUT2D eigenvalue weighted by Crippen LogP contribution is -2.28. The first-order valence-electron chi connectivity index (χ1n) is 8.38. The summed E-state index contributed by atoms with van der Waals surface area (Å²) < 4.78 is 5.58. The number of hydrogen-bond acceptors (Lipinski definition) is 6. The number of rotatable bonds is 8. The normalized spacial score (nSPS) is 11.2. The third-order valence-electron chi connectivity index (χ3n) is 3.35. The molecule has 0 saturated heterocycles. The second-order valence-corrected chi connectivity index (χ2v) is 7.08. The van der Waals surface area contributed by atoms with Gasteiger partial charge in [0, 0.05) is 12.8 Å². The van der Waals surface area contributed by atoms with Gasteiger partial charge in [-0.3, -0.25) is 14.6 Å². The van der Waals surface area contributed by atoms with Crippen molar-refractivity contribution in [2.75, 3.05) is 6.61 Å². The number of aromatic amines is 2. The van der Waals surface area contributed by atoms with E-state index in [4.69, 9.17) is 27.9 Å². The van der Waals surface area contributed by atoms with E-state index in [1.165, 1.54) is 6.21 Å². The van der Waals surface area contributed by atoms with Crippen LogP contribution in [0, 0.1) is 5.92 Å². The molecule has 9 nitrogen and oxygen atoms in total. The van der Waals surface area contributed by atoms with Gasteiger partial charge < -0.3 is 4.74 Å². The molecule has 1 aromatic heterocycles. The number of nitrogens with one attached hydrogen (secondary N) is 3. The van der Waals surface area contributed by atoms with Crippen LogP contribution in [-0.2, 0) is 11.2 Å². The molecule has 0 aliphatic carbocycles. The van der Waals surface area contributed by atoms with E-state index < -0.39 is 17.2 Å². The monoisotopic (exact) mass is 427 g/mol. The predicted octanol–water partition coefficient (Wildman–Crippen LogP) is 1.88. The summed E-state index contributed by atoms with van der Waals surface area (Å²) in [6.07, 6.45) is 1.39. The minimum Gasteiger partial charge on any atom is -0.490 e. The molecule has 2 aromatic rings. The highest BCUT2D eigenvalue weighted by molar-refractivity contribution is 6.37. The topological polar surface area (TPSA) is 129 Å². The van der Waals surface area contributed by atoms with Gasteiger partial charge in [-0.1, -0.05) is 37.0 Å². The standard InChI is InChI=1S/C17H19Cl2N5O4/c1-9(2)8-28-15-11(18)5-10(6-12(15)19)7-20-23-14(25)4-3-13-16(26)21-17(27)24-22-13/h5-7,9H,3-4,8H2,1-2H3,(H,23,25)(H2,21,24,26,27)/b20-7+. The van der Waals surface area contributed by atoms with Crippen LogP contribution in [0.5, 0.6) is 5.75 Å². The summed E-state index contributed by atoms with van der Waals surface area (Å²) in [5, 5.41) is 10.2. The van der Waals surface area contributed by atoms with Crippen LogP contribution in [0.2, 0.25) is 10.0 Å². The first-order chi connectivity index (χ1) is 13.3. The molecule has 150 valence electrons. The van der Waals surface area contributed by atoms with Crippen LogP contribution < -0.4 is 21.4 Å². The number of ether oxygens (including phenoxy) is 1. The quantitative estimate of drug-likeness (QED) is 0.437. The number of carbonyl (C=O) groups excluding carboxylic acids is 1. The molecule has 0 bridgehead atoms. The van der Waals surface area contributed by atoms with E-state index in [9.17, 15) is 14.4 Å². The Morgan fingerprint density at radius 3 is 2.61 bits per heavy atom. The molecule has 28 heavy (non-hydrogen) atoms. The third kappa shape index (κ3) is 6.50. The molecule has 1 heterocycles. The van der Waals surface area contributed by atoms with Gasteiger partial charge in [0.25, 0.3) is 5.56 Å². The second kappa shape index (κ2) is 10.0. The van der Waals surface area contributed by atoms with Crippen molar-refractivity contribution in [2.24, 2.45) is 11.0 Å². The number of hydrazone groups is 1. The highest BCUT2D eigenvalue weighted by atomic mass is 35.5. The lowest BCUT2D eigenvalue weighted by molar-refractivity contribution is -0.121. The number of aryl methyl sites for hydroxylation is 1. The number of H-pyrrole nitrogens is 2. The average Bonchev–Trinajstić information content (AvgIpc) is 2.60. The second-order valence-electron chi connectivity index (χ2n) is 6.27. The van der Waals surface area contributed by atoms with Crippen molar-refractivity contribution < 1.29 is 9.53 Å². The highest BCUT2D eigenvalue weighted by Crippen LogP contribution is 2.34. The van der Waals surface area contributed by atoms with E-state index in [-0.39, 0.29) is 18.5 Å². The van der Waals surface area contributed by atoms with Crippen molar-refractivity contribution in [3.8, 4) is 5.75 Å². The maximum absolute atomic E-state index is 11.8. The Labute approximate surface area is 170 Å². The zero-order chi connectivity index (χ0) is 20.7. The Hall–Kier alpha value is -2.65. The molecule has 11 heteroatoms. The lowest BCUT2D eigenvalue weighted by atomic mass is 10.2. The van der Waals surface area contributed by atoms with E-state index in [2.05, 4.69) is 20.7 Å². The minimum atomic E-state index is -0.708. The van der Waals surface area contributed by atoms with Crippen molar-refractivity contribution in [3.05, 3.63) is 54.3 Å². The van der Waals surface area contributed by atoms with Gasteiger partial charge in [0.05, 0.1) is 22.9 Å². The Kier molecular flexibility index (Phi) is 7.77. The summed E-state index contributed by atoms with van der Waals surface area (Å²) in [7, 11) is 0. The fourth-order valence-electron chi connectivity index (χ4n) is 2.05. The van der Waals surface area contributed by atoms with Gasteiger partial charge >= 0.3 is 5.69 Å². The van der Waals surface area contributed by atoms with Crippen molar-refractivity contribution >= 4 is 35.3 Å². The molecular weight excluding hydrogens is 409 g/mol. The number of aromatic nitrogens is 3. The van der Waals surface area contributed by atoms with Crippen molar-refractivity contribution in [1.82, 2.24) is 20.6 Å². The number of halogens is 2. The molecular formula is C17H19Cl2N5O4. The van der Waals surface area contributed by atoms with Crippen LogP contribution in [0.4, 0.5) is 0 Å². The van der Waals surface area contributed by atoms with E-state index >= 15 is 0 Å². The zero-order valence-electron chi connectivity index (χ0n) is 15.2. The molecule has 1 aromatic carbocycles. The van der Waals surface area contributed by atoms with Crippen LogP contribution in [0.1, 0.15) is 31.5 Å². The molecule has 0 unspecified atom stereocenters. The largest absolute Gasteiger partial charge is 0.490 e. The maximum atomic E-state index is 11.8. The van der Waals surface area contributed by atoms with Crippen LogP contribution in [0.15, 0.2) is 26.8 Å². The molecule has 3 N–H and O–H groups in total. The first-order valence-corrected chi connectivity index (χ1v) is 9.13. The fourth-order valence-corrected chi connectivity index (χ4v) is 2.66. The first kappa shape index (κ1) is 21.6. The summed E-state index contributed by atoms with van der Waals surface area (Å²) in [4.78, 5) is 36.2. The van der Waals surface area contributed by atoms with E-state index in [1.54, 1.807) is 12.1 Å². The van der Waals surface area contributed by atoms with Crippen molar-refractivity contribution in [1.29, 1.82) is 0 Å². The van der Waals surface area contributed by atoms with Crippen LogP contribution in [0.25, 0.3) is 0 Å². The molecule has 0 aliphatic heterocycles. The number of amides is 1. The average molecular weight is 428 g/mol. The zero-order valence-corrected chi connectivity index (χ0v) is 16.7. The smallest absolute Gasteiger partial charge is 0.342 e. The van der Waals surface area contributed by atoms with Gasteiger partial charge in [-0.05, 0) is 23.6 Å². The van der Waals surface area contributed by atoms with Crippen LogP contribution in [-0.4, -0.2) is 33.9 Å². The van der Waals surface area contributed by atoms with Gasteiger partial charge in [-0.15, -0.1) is 0 Å². The fraction of sp³-hybridized carbons (Fsp3) is 0.353. The number of nitrogens with zero attached hydrogens (tertiary/aromatic N) is 2. The molecule has 0 radical (unpaired) electrons. The van der Waals surface area contributed by atoms with E-state index in [0.29, 0.717) is 33.9 Å². The predicted molar refractivity (Wildman–Crippen MR) is 106 cm³/mol. The summed E-state index contributed by atoms with van der Waals surface area (Å²) in [6, 6.07) is 3.23. The molecule has 0 saturated carbocycles. The molecule has 0 fully saturated rings. The van der Waals surface area contributed by atoms with Gasteiger partial charge in [0.2, 0.25) is 5.91 Å². The molecule has 1 amide bonds. The number of carbonyl (C=O) groups is 1. The summed E-state index contributed by atoms with van der Waals surface area (Å²) >= 11 is 12.4. The Morgan fingerprint density at radius 2 is 2.00 bits per heavy atom. The Balaban J connectivity index is 1.92. The van der Waals surface area contributed by atoms with Gasteiger partial charge in [-0.25, -0.2) is 15.3 Å². The third-order valence-corrected chi connectivity index (χ3v) is 3.92. The minimum absolute atomic E-state index is 0.0387.